The molecule has 0 heterocycles. The summed E-state index contributed by atoms with van der Waals surface area (Å²) in [6, 6.07) is 0. The largest absolute Gasteiger partial charge is 0.385 e. The second-order valence-electron chi connectivity index (χ2n) is 3.68. The Balaban J connectivity index is 3.49. The minimum atomic E-state index is 0.765. The van der Waals surface area contributed by atoms with Gasteiger partial charge in [-0.2, -0.15) is 0 Å². The second kappa shape index (κ2) is 11.9. The summed E-state index contributed by atoms with van der Waals surface area (Å²) in [6.45, 7) is 5.62. The van der Waals surface area contributed by atoms with Gasteiger partial charge in [0.05, 0.1) is 6.61 Å². The fraction of sp³-hybridized carbons (Fsp3) is 1.00. The van der Waals surface area contributed by atoms with Crippen molar-refractivity contribution in [2.45, 2.75) is 19.3 Å². The van der Waals surface area contributed by atoms with E-state index in [9.17, 15) is 0 Å². The van der Waals surface area contributed by atoms with Crippen LogP contribution in [-0.4, -0.2) is 58.5 Å². The molecule has 0 spiro atoms. The molecule has 0 aliphatic carbocycles. The molecule has 4 heteroatoms. The molecule has 0 radical (unpaired) electrons. The topological polar surface area (TPSA) is 47.7 Å². The molecule has 15 heavy (non-hydrogen) atoms. The van der Waals surface area contributed by atoms with Crippen molar-refractivity contribution < 1.29 is 9.47 Å². The molecule has 0 fully saturated rings. The highest BCUT2D eigenvalue weighted by atomic mass is 16.5. The third-order valence-electron chi connectivity index (χ3n) is 2.36. The van der Waals surface area contributed by atoms with Gasteiger partial charge in [0.2, 0.25) is 0 Å². The van der Waals surface area contributed by atoms with Crippen molar-refractivity contribution in [2.75, 3.05) is 53.6 Å². The Morgan fingerprint density at radius 1 is 0.867 bits per heavy atom. The molecule has 0 unspecified atom stereocenters. The molecule has 0 aromatic heterocycles. The molecule has 0 aromatic carbocycles. The first-order valence-electron chi connectivity index (χ1n) is 5.75. The molecule has 0 bridgehead atoms. The SMILES string of the molecule is COCCCCN(CCCN)CCOC. The molecule has 2 N–H and O–H groups in total. The van der Waals surface area contributed by atoms with Gasteiger partial charge in [-0.25, -0.2) is 0 Å². The quantitative estimate of drug-likeness (QED) is 0.519. The van der Waals surface area contributed by atoms with Crippen LogP contribution < -0.4 is 5.73 Å². The van der Waals surface area contributed by atoms with Crippen molar-refractivity contribution in [1.29, 1.82) is 0 Å². The van der Waals surface area contributed by atoms with Gasteiger partial charge in [-0.15, -0.1) is 0 Å². The number of nitrogens with two attached hydrogens (primary N) is 1. The lowest BCUT2D eigenvalue weighted by Gasteiger charge is -2.21. The first kappa shape index (κ1) is 14.8. The molecule has 0 saturated heterocycles. The maximum atomic E-state index is 5.50. The number of hydrogen-bond donors (Lipinski definition) is 1. The molecule has 4 nitrogen and oxygen atoms in total. The van der Waals surface area contributed by atoms with Crippen molar-refractivity contribution in [3.8, 4) is 0 Å². The molecule has 0 aromatic rings. The Bertz CT molecular complexity index is 115. The summed E-state index contributed by atoms with van der Waals surface area (Å²) in [5, 5.41) is 0. The van der Waals surface area contributed by atoms with Crippen LogP contribution in [0.4, 0.5) is 0 Å². The highest BCUT2D eigenvalue weighted by Crippen LogP contribution is 1.97. The number of ether oxygens (including phenoxy) is 2. The van der Waals surface area contributed by atoms with Crippen molar-refractivity contribution >= 4 is 0 Å². The summed E-state index contributed by atoms with van der Waals surface area (Å²) < 4.78 is 10.1. The zero-order valence-corrected chi connectivity index (χ0v) is 10.2. The van der Waals surface area contributed by atoms with E-state index < -0.39 is 0 Å². The van der Waals surface area contributed by atoms with Crippen LogP contribution in [0, 0.1) is 0 Å². The number of methoxy groups -OCH3 is 2. The third kappa shape index (κ3) is 10.1. The van der Waals surface area contributed by atoms with Gasteiger partial charge in [0, 0.05) is 27.4 Å². The lowest BCUT2D eigenvalue weighted by Crippen LogP contribution is -2.30. The molecule has 92 valence electrons. The van der Waals surface area contributed by atoms with Gasteiger partial charge < -0.3 is 20.1 Å². The molecule has 0 saturated carbocycles. The fourth-order valence-electron chi connectivity index (χ4n) is 1.45. The first-order chi connectivity index (χ1) is 7.35. The van der Waals surface area contributed by atoms with E-state index in [0.29, 0.717) is 0 Å². The first-order valence-corrected chi connectivity index (χ1v) is 5.75. The molecular formula is C11H26N2O2. The van der Waals surface area contributed by atoms with E-state index in [4.69, 9.17) is 15.2 Å². The Hall–Kier alpha value is -0.160. The van der Waals surface area contributed by atoms with Crippen LogP contribution in [0.15, 0.2) is 0 Å². The summed E-state index contributed by atoms with van der Waals surface area (Å²) in [5.41, 5.74) is 5.50. The Morgan fingerprint density at radius 2 is 1.53 bits per heavy atom. The average molecular weight is 218 g/mol. The minimum absolute atomic E-state index is 0.765. The summed E-state index contributed by atoms with van der Waals surface area (Å²) in [6.07, 6.45) is 3.37. The summed E-state index contributed by atoms with van der Waals surface area (Å²) >= 11 is 0. The zero-order chi connectivity index (χ0) is 11.4. The zero-order valence-electron chi connectivity index (χ0n) is 10.2. The number of nitrogens with zero attached hydrogens (tertiary/aromatic N) is 1. The smallest absolute Gasteiger partial charge is 0.0589 e. The van der Waals surface area contributed by atoms with Gasteiger partial charge in [0.1, 0.15) is 0 Å². The standard InChI is InChI=1S/C11H26N2O2/c1-14-10-4-3-7-13(8-5-6-12)9-11-15-2/h3-12H2,1-2H3. The van der Waals surface area contributed by atoms with Gasteiger partial charge in [-0.3, -0.25) is 0 Å². The second-order valence-corrected chi connectivity index (χ2v) is 3.68. The third-order valence-corrected chi connectivity index (χ3v) is 2.36. The lowest BCUT2D eigenvalue weighted by atomic mass is 10.3. The maximum absolute atomic E-state index is 5.50. The number of rotatable bonds is 11. The van der Waals surface area contributed by atoms with Crippen molar-refractivity contribution in [2.24, 2.45) is 5.73 Å². The van der Waals surface area contributed by atoms with Gasteiger partial charge in [-0.1, -0.05) is 0 Å². The summed E-state index contributed by atoms with van der Waals surface area (Å²) in [7, 11) is 3.49. The monoisotopic (exact) mass is 218 g/mol. The average Bonchev–Trinajstić information content (AvgIpc) is 2.27. The van der Waals surface area contributed by atoms with Gasteiger partial charge in [0.25, 0.3) is 0 Å². The maximum Gasteiger partial charge on any atom is 0.0589 e. The van der Waals surface area contributed by atoms with Gasteiger partial charge in [0.15, 0.2) is 0 Å². The van der Waals surface area contributed by atoms with Crippen LogP contribution in [0.5, 0.6) is 0 Å². The van der Waals surface area contributed by atoms with E-state index in [0.717, 1.165) is 52.2 Å². The summed E-state index contributed by atoms with van der Waals surface area (Å²) in [5.74, 6) is 0. The predicted molar refractivity (Wildman–Crippen MR) is 63.1 cm³/mol. The molecule has 0 rings (SSSR count). The van der Waals surface area contributed by atoms with E-state index in [2.05, 4.69) is 4.90 Å². The van der Waals surface area contributed by atoms with Crippen molar-refractivity contribution in [3.63, 3.8) is 0 Å². The van der Waals surface area contributed by atoms with E-state index in [1.807, 2.05) is 0 Å². The fourth-order valence-corrected chi connectivity index (χ4v) is 1.45. The van der Waals surface area contributed by atoms with Gasteiger partial charge in [-0.05, 0) is 38.9 Å². The Labute approximate surface area is 93.7 Å². The van der Waals surface area contributed by atoms with E-state index in [-0.39, 0.29) is 0 Å². The van der Waals surface area contributed by atoms with Gasteiger partial charge >= 0.3 is 0 Å². The lowest BCUT2D eigenvalue weighted by molar-refractivity contribution is 0.141. The van der Waals surface area contributed by atoms with Crippen molar-refractivity contribution in [3.05, 3.63) is 0 Å². The van der Waals surface area contributed by atoms with Crippen LogP contribution in [0.2, 0.25) is 0 Å². The molecule has 0 aliphatic rings. The number of unbranched alkanes of at least 4 members (excludes halogenated alkanes) is 1. The predicted octanol–water partition coefficient (Wildman–Crippen LogP) is 0.710. The highest BCUT2D eigenvalue weighted by Gasteiger charge is 2.03. The molecule has 0 atom stereocenters. The molecule has 0 amide bonds. The van der Waals surface area contributed by atoms with Crippen LogP contribution in [-0.2, 0) is 9.47 Å². The molecule has 0 aliphatic heterocycles. The van der Waals surface area contributed by atoms with Crippen LogP contribution in [0.1, 0.15) is 19.3 Å². The normalized spacial score (nSPS) is 11.2. The highest BCUT2D eigenvalue weighted by molar-refractivity contribution is 4.58. The minimum Gasteiger partial charge on any atom is -0.385 e. The van der Waals surface area contributed by atoms with E-state index in [1.54, 1.807) is 14.2 Å². The Morgan fingerprint density at radius 3 is 2.13 bits per heavy atom. The van der Waals surface area contributed by atoms with Crippen LogP contribution >= 0.6 is 0 Å². The Kier molecular flexibility index (Phi) is 11.8. The van der Waals surface area contributed by atoms with Crippen LogP contribution in [0.25, 0.3) is 0 Å². The molecular weight excluding hydrogens is 192 g/mol. The van der Waals surface area contributed by atoms with E-state index in [1.165, 1.54) is 6.42 Å². The number of hydrogen-bond acceptors (Lipinski definition) is 4. The summed E-state index contributed by atoms with van der Waals surface area (Å²) in [4.78, 5) is 2.41. The van der Waals surface area contributed by atoms with E-state index >= 15 is 0 Å². The van der Waals surface area contributed by atoms with Crippen LogP contribution in [0.3, 0.4) is 0 Å². The van der Waals surface area contributed by atoms with Crippen molar-refractivity contribution in [1.82, 2.24) is 4.90 Å².